The van der Waals surface area contributed by atoms with E-state index < -0.39 is 23.8 Å². The molecule has 0 heterocycles. The summed E-state index contributed by atoms with van der Waals surface area (Å²) in [5.41, 5.74) is 12.0. The first kappa shape index (κ1) is 16.2. The lowest BCUT2D eigenvalue weighted by Gasteiger charge is -2.37. The van der Waals surface area contributed by atoms with Crippen LogP contribution in [0.4, 0.5) is 0 Å². The maximum absolute atomic E-state index is 11.1. The summed E-state index contributed by atoms with van der Waals surface area (Å²) in [6, 6.07) is -0.518. The van der Waals surface area contributed by atoms with Gasteiger partial charge < -0.3 is 21.7 Å². The van der Waals surface area contributed by atoms with Crippen molar-refractivity contribution >= 4 is 11.9 Å². The van der Waals surface area contributed by atoms with E-state index in [0.29, 0.717) is 24.7 Å². The average molecular weight is 298 g/mol. The molecule has 21 heavy (non-hydrogen) atoms. The lowest BCUT2D eigenvalue weighted by Crippen LogP contribution is -2.43. The third-order valence-corrected chi connectivity index (χ3v) is 5.32. The van der Waals surface area contributed by atoms with E-state index in [0.717, 1.165) is 32.1 Å². The molecule has 120 valence electrons. The van der Waals surface area contributed by atoms with Gasteiger partial charge in [-0.1, -0.05) is 0 Å². The van der Waals surface area contributed by atoms with Crippen LogP contribution in [0.25, 0.3) is 0 Å². The van der Waals surface area contributed by atoms with Gasteiger partial charge in [0, 0.05) is 12.1 Å². The van der Waals surface area contributed by atoms with Gasteiger partial charge in [-0.2, -0.15) is 0 Å². The van der Waals surface area contributed by atoms with Crippen molar-refractivity contribution in [1.82, 2.24) is 0 Å². The highest BCUT2D eigenvalue weighted by molar-refractivity contribution is 5.71. The summed E-state index contributed by atoms with van der Waals surface area (Å²) < 4.78 is 0. The number of nitrogens with two attached hydrogens (primary N) is 2. The van der Waals surface area contributed by atoms with Crippen LogP contribution < -0.4 is 11.5 Å². The van der Waals surface area contributed by atoms with Gasteiger partial charge in [0.1, 0.15) is 0 Å². The number of carbonyl (C=O) groups is 2. The fraction of sp³-hybridized carbons (Fsp3) is 0.867. The van der Waals surface area contributed by atoms with Crippen molar-refractivity contribution in [2.24, 2.45) is 35.1 Å². The van der Waals surface area contributed by atoms with Crippen molar-refractivity contribution in [3.8, 4) is 0 Å². The Bertz CT molecular complexity index is 365. The van der Waals surface area contributed by atoms with Crippen molar-refractivity contribution in [3.05, 3.63) is 0 Å². The Labute approximate surface area is 124 Å². The largest absolute Gasteiger partial charge is 0.481 e. The molecule has 0 aromatic rings. The summed E-state index contributed by atoms with van der Waals surface area (Å²) in [5, 5.41) is 18.2. The molecule has 2 aliphatic carbocycles. The van der Waals surface area contributed by atoms with Gasteiger partial charge in [0.25, 0.3) is 0 Å². The molecule has 0 aromatic heterocycles. The summed E-state index contributed by atoms with van der Waals surface area (Å²) in [6.45, 7) is 0. The van der Waals surface area contributed by atoms with E-state index in [4.69, 9.17) is 21.7 Å². The highest BCUT2D eigenvalue weighted by Crippen LogP contribution is 2.37. The molecule has 2 rings (SSSR count). The smallest absolute Gasteiger partial charge is 0.308 e. The molecule has 2 aliphatic rings. The molecular formula is C15H26N2O4. The van der Waals surface area contributed by atoms with E-state index in [2.05, 4.69) is 0 Å². The maximum atomic E-state index is 11.1. The number of aliphatic carboxylic acids is 2. The zero-order valence-corrected chi connectivity index (χ0v) is 12.3. The number of carboxylic acid groups (broad SMARTS) is 2. The molecule has 6 unspecified atom stereocenters. The summed E-state index contributed by atoms with van der Waals surface area (Å²) in [5.74, 6) is -1.49. The van der Waals surface area contributed by atoms with Crippen molar-refractivity contribution < 1.29 is 19.8 Å². The third-order valence-electron chi connectivity index (χ3n) is 5.32. The molecule has 6 atom stereocenters. The van der Waals surface area contributed by atoms with Gasteiger partial charge in [-0.25, -0.2) is 0 Å². The minimum atomic E-state index is -0.787. The monoisotopic (exact) mass is 298 g/mol. The van der Waals surface area contributed by atoms with Gasteiger partial charge in [0.15, 0.2) is 0 Å². The van der Waals surface area contributed by atoms with Crippen LogP contribution in [0, 0.1) is 23.7 Å². The predicted molar refractivity (Wildman–Crippen MR) is 77.5 cm³/mol. The third kappa shape index (κ3) is 3.95. The lowest BCUT2D eigenvalue weighted by atomic mass is 9.70. The fourth-order valence-corrected chi connectivity index (χ4v) is 4.11. The van der Waals surface area contributed by atoms with E-state index in [1.807, 2.05) is 0 Å². The first-order valence-electron chi connectivity index (χ1n) is 7.85. The predicted octanol–water partition coefficient (Wildman–Crippen LogP) is 1.03. The van der Waals surface area contributed by atoms with Crippen molar-refractivity contribution in [1.29, 1.82) is 0 Å². The topological polar surface area (TPSA) is 127 Å². The Morgan fingerprint density at radius 1 is 0.810 bits per heavy atom. The summed E-state index contributed by atoms with van der Waals surface area (Å²) >= 11 is 0. The normalized spacial score (nSPS) is 40.7. The van der Waals surface area contributed by atoms with Gasteiger partial charge in [0.05, 0.1) is 11.8 Å². The first-order chi connectivity index (χ1) is 9.88. The van der Waals surface area contributed by atoms with E-state index >= 15 is 0 Å². The second kappa shape index (κ2) is 6.75. The van der Waals surface area contributed by atoms with Crippen LogP contribution in [0.2, 0.25) is 0 Å². The second-order valence-electron chi connectivity index (χ2n) is 6.81. The number of hydrogen-bond donors (Lipinski definition) is 4. The van der Waals surface area contributed by atoms with Crippen LogP contribution >= 0.6 is 0 Å². The Hall–Kier alpha value is -1.14. The zero-order chi connectivity index (χ0) is 15.6. The van der Waals surface area contributed by atoms with Crippen molar-refractivity contribution in [2.45, 2.75) is 57.0 Å². The molecule has 0 aromatic carbocycles. The molecule has 6 heteroatoms. The van der Waals surface area contributed by atoms with E-state index in [1.54, 1.807) is 0 Å². The molecular weight excluding hydrogens is 272 g/mol. The summed E-state index contributed by atoms with van der Waals surface area (Å²) in [6.07, 6.45) is 5.61. The van der Waals surface area contributed by atoms with Crippen molar-refractivity contribution in [2.75, 3.05) is 0 Å². The van der Waals surface area contributed by atoms with Crippen LogP contribution in [0.1, 0.15) is 44.9 Å². The minimum absolute atomic E-state index is 0.259. The SMILES string of the molecule is NC1CC(CC2CCC(C(=O)O)C(N)C2)CCC1C(=O)O. The maximum Gasteiger partial charge on any atom is 0.308 e. The summed E-state index contributed by atoms with van der Waals surface area (Å²) in [7, 11) is 0. The van der Waals surface area contributed by atoms with Crippen LogP contribution in [0.5, 0.6) is 0 Å². The Morgan fingerprint density at radius 2 is 1.19 bits per heavy atom. The van der Waals surface area contributed by atoms with Gasteiger partial charge in [-0.3, -0.25) is 9.59 Å². The van der Waals surface area contributed by atoms with Crippen LogP contribution in [-0.4, -0.2) is 34.2 Å². The molecule has 0 aliphatic heterocycles. The molecule has 0 radical (unpaired) electrons. The average Bonchev–Trinajstić information content (AvgIpc) is 2.37. The van der Waals surface area contributed by atoms with Gasteiger partial charge in [-0.15, -0.1) is 0 Å². The zero-order valence-electron chi connectivity index (χ0n) is 12.3. The van der Waals surface area contributed by atoms with Crippen LogP contribution in [-0.2, 0) is 9.59 Å². The molecule has 0 amide bonds. The van der Waals surface area contributed by atoms with Crippen LogP contribution in [0.15, 0.2) is 0 Å². The Morgan fingerprint density at radius 3 is 1.48 bits per heavy atom. The standard InChI is InChI=1S/C15H26N2O4/c16-12-6-8(1-3-10(12)14(18)19)5-9-2-4-11(15(20)21)13(17)7-9/h8-13H,1-7,16-17H2,(H,18,19)(H,20,21). The van der Waals surface area contributed by atoms with E-state index in [9.17, 15) is 9.59 Å². The van der Waals surface area contributed by atoms with Crippen molar-refractivity contribution in [3.63, 3.8) is 0 Å². The highest BCUT2D eigenvalue weighted by atomic mass is 16.4. The first-order valence-corrected chi connectivity index (χ1v) is 7.85. The molecule has 0 bridgehead atoms. The number of rotatable bonds is 4. The number of hydrogen-bond acceptors (Lipinski definition) is 4. The second-order valence-corrected chi connectivity index (χ2v) is 6.81. The fourth-order valence-electron chi connectivity index (χ4n) is 4.11. The molecule has 2 saturated carbocycles. The summed E-state index contributed by atoms with van der Waals surface area (Å²) in [4.78, 5) is 22.1. The molecule has 0 spiro atoms. The quantitative estimate of drug-likeness (QED) is 0.614. The molecule has 0 saturated heterocycles. The highest BCUT2D eigenvalue weighted by Gasteiger charge is 2.36. The van der Waals surface area contributed by atoms with E-state index in [-0.39, 0.29) is 12.1 Å². The van der Waals surface area contributed by atoms with Gasteiger partial charge in [0.2, 0.25) is 0 Å². The minimum Gasteiger partial charge on any atom is -0.481 e. The Balaban J connectivity index is 1.81. The van der Waals surface area contributed by atoms with Gasteiger partial charge in [-0.05, 0) is 56.8 Å². The lowest BCUT2D eigenvalue weighted by molar-refractivity contribution is -0.144. The van der Waals surface area contributed by atoms with Gasteiger partial charge >= 0.3 is 11.9 Å². The molecule has 6 nitrogen and oxygen atoms in total. The molecule has 2 fully saturated rings. The van der Waals surface area contributed by atoms with Crippen LogP contribution in [0.3, 0.4) is 0 Å². The molecule has 6 N–H and O–H groups in total. The number of carboxylic acids is 2. The Kier molecular flexibility index (Phi) is 5.22. The van der Waals surface area contributed by atoms with E-state index in [1.165, 1.54) is 0 Å².